The zero-order valence-electron chi connectivity index (χ0n) is 28.5. The lowest BCUT2D eigenvalue weighted by Gasteiger charge is -2.37. The Morgan fingerprint density at radius 3 is 2.38 bits per heavy atom. The molecule has 14 heteroatoms. The van der Waals surface area contributed by atoms with E-state index < -0.39 is 11.9 Å². The summed E-state index contributed by atoms with van der Waals surface area (Å²) in [6.07, 6.45) is 5.50. The lowest BCUT2D eigenvalue weighted by Crippen LogP contribution is -2.54. The molecule has 0 aromatic heterocycles. The van der Waals surface area contributed by atoms with Crippen LogP contribution >= 0.6 is 0 Å². The Morgan fingerprint density at radius 2 is 1.64 bits per heavy atom. The quantitative estimate of drug-likeness (QED) is 0.127. The van der Waals surface area contributed by atoms with Crippen molar-refractivity contribution in [3.8, 4) is 0 Å². The minimum atomic E-state index is -0.673. The minimum absolute atomic E-state index is 0.0336. The van der Waals surface area contributed by atoms with Crippen LogP contribution in [0, 0.1) is 0 Å². The van der Waals surface area contributed by atoms with Gasteiger partial charge in [0.25, 0.3) is 5.91 Å². The minimum Gasteiger partial charge on any atom is -0.399 e. The number of nitrogens with zero attached hydrogens (tertiary/aromatic N) is 3. The van der Waals surface area contributed by atoms with Crippen LogP contribution in [0.15, 0.2) is 42.5 Å². The van der Waals surface area contributed by atoms with Crippen LogP contribution < -0.4 is 31.9 Å². The van der Waals surface area contributed by atoms with Crippen LogP contribution in [0.3, 0.4) is 0 Å². The van der Waals surface area contributed by atoms with Crippen LogP contribution in [0.1, 0.15) is 67.3 Å². The molecule has 1 aliphatic carbocycles. The average Bonchev–Trinajstić information content (AvgIpc) is 3.43. The second-order valence-electron chi connectivity index (χ2n) is 13.6. The highest BCUT2D eigenvalue weighted by molar-refractivity contribution is 6.05. The number of fused-ring (bicyclic) bond motifs is 1. The van der Waals surface area contributed by atoms with Crippen molar-refractivity contribution in [3.05, 3.63) is 53.6 Å². The summed E-state index contributed by atoms with van der Waals surface area (Å²) in [5.74, 6) is -1.20. The monoisotopic (exact) mass is 688 g/mol. The number of nitrogen functional groups attached to an aromatic ring is 1. The van der Waals surface area contributed by atoms with E-state index in [4.69, 9.17) is 10.5 Å². The fourth-order valence-corrected chi connectivity index (χ4v) is 7.18. The molecule has 3 heterocycles. The largest absolute Gasteiger partial charge is 0.399 e. The van der Waals surface area contributed by atoms with Crippen molar-refractivity contribution in [3.63, 3.8) is 0 Å². The maximum atomic E-state index is 12.9. The number of nitrogens with one attached hydrogen (secondary N) is 4. The van der Waals surface area contributed by atoms with Gasteiger partial charge in [-0.25, -0.2) is 4.79 Å². The number of urea groups is 1. The standard InChI is InChI=1S/C36H48N8O6/c37-25-2-9-29(10-3-25)42-16-18-43(19-17-42)36(49)40-27-6-4-26(5-7-27)38-15-1-20-50-21-14-33(46)39-28-8-11-30-24(22-28)23-44(35(30)48)31-12-13-32(45)41-34(31)47/h2-3,8-11,22,26-27,31,38H,1,4-7,12-21,23,37H2,(H,39,46)(H,40,49)(H,41,45,47). The van der Waals surface area contributed by atoms with E-state index in [1.807, 2.05) is 29.2 Å². The number of anilines is 3. The third-order valence-corrected chi connectivity index (χ3v) is 10.1. The number of hydrogen-bond donors (Lipinski definition) is 5. The van der Waals surface area contributed by atoms with Crippen LogP contribution in [-0.2, 0) is 25.7 Å². The Labute approximate surface area is 292 Å². The number of piperazine rings is 1. The zero-order chi connectivity index (χ0) is 35.0. The fourth-order valence-electron chi connectivity index (χ4n) is 7.18. The lowest BCUT2D eigenvalue weighted by atomic mass is 9.91. The van der Waals surface area contributed by atoms with E-state index in [1.165, 1.54) is 4.90 Å². The molecule has 0 bridgehead atoms. The summed E-state index contributed by atoms with van der Waals surface area (Å²) in [5, 5.41) is 12.0. The first-order valence-electron chi connectivity index (χ1n) is 17.8. The highest BCUT2D eigenvalue weighted by Crippen LogP contribution is 2.29. The van der Waals surface area contributed by atoms with Crippen molar-refractivity contribution >= 4 is 46.7 Å². The van der Waals surface area contributed by atoms with E-state index in [-0.39, 0.29) is 49.2 Å². The van der Waals surface area contributed by atoms with Gasteiger partial charge in [0.1, 0.15) is 6.04 Å². The van der Waals surface area contributed by atoms with Gasteiger partial charge >= 0.3 is 6.03 Å². The fraction of sp³-hybridized carbons (Fsp3) is 0.528. The number of benzene rings is 2. The molecule has 2 aromatic rings. The first kappa shape index (κ1) is 35.1. The van der Waals surface area contributed by atoms with Gasteiger partial charge in [-0.2, -0.15) is 0 Å². The van der Waals surface area contributed by atoms with Crippen LogP contribution in [0.4, 0.5) is 21.9 Å². The summed E-state index contributed by atoms with van der Waals surface area (Å²) >= 11 is 0. The normalized spacial score (nSPS) is 22.3. The summed E-state index contributed by atoms with van der Waals surface area (Å²) < 4.78 is 5.70. The maximum absolute atomic E-state index is 12.9. The van der Waals surface area contributed by atoms with Crippen LogP contribution in [0.5, 0.6) is 0 Å². The molecule has 268 valence electrons. The summed E-state index contributed by atoms with van der Waals surface area (Å²) in [6.45, 7) is 4.95. The smallest absolute Gasteiger partial charge is 0.317 e. The molecule has 3 fully saturated rings. The predicted octanol–water partition coefficient (Wildman–Crippen LogP) is 2.20. The predicted molar refractivity (Wildman–Crippen MR) is 188 cm³/mol. The lowest BCUT2D eigenvalue weighted by molar-refractivity contribution is -0.137. The third kappa shape index (κ3) is 8.90. The highest BCUT2D eigenvalue weighted by atomic mass is 16.5. The van der Waals surface area contributed by atoms with Gasteiger partial charge in [-0.1, -0.05) is 0 Å². The van der Waals surface area contributed by atoms with E-state index in [0.717, 1.165) is 68.7 Å². The summed E-state index contributed by atoms with van der Waals surface area (Å²) in [4.78, 5) is 67.7. The number of hydrogen-bond acceptors (Lipinski definition) is 9. The second-order valence-corrected chi connectivity index (χ2v) is 13.6. The van der Waals surface area contributed by atoms with Crippen molar-refractivity contribution in [1.82, 2.24) is 25.8 Å². The van der Waals surface area contributed by atoms with Gasteiger partial charge in [0, 0.05) is 80.5 Å². The van der Waals surface area contributed by atoms with E-state index in [9.17, 15) is 24.0 Å². The number of amides is 6. The molecular formula is C36H48N8O6. The number of nitrogens with two attached hydrogens (primary N) is 1. The highest BCUT2D eigenvalue weighted by Gasteiger charge is 2.39. The average molecular weight is 689 g/mol. The maximum Gasteiger partial charge on any atom is 0.317 e. The van der Waals surface area contributed by atoms with Crippen molar-refractivity contribution in [1.29, 1.82) is 0 Å². The van der Waals surface area contributed by atoms with Gasteiger partial charge < -0.3 is 41.1 Å². The van der Waals surface area contributed by atoms with Gasteiger partial charge in [0.15, 0.2) is 0 Å². The molecule has 6 rings (SSSR count). The van der Waals surface area contributed by atoms with Gasteiger partial charge in [-0.05, 0) is 93.1 Å². The molecule has 14 nitrogen and oxygen atoms in total. The Balaban J connectivity index is 0.796. The van der Waals surface area contributed by atoms with Gasteiger partial charge in [-0.15, -0.1) is 0 Å². The number of rotatable bonds is 12. The first-order chi connectivity index (χ1) is 24.2. The van der Waals surface area contributed by atoms with Gasteiger partial charge in [-0.3, -0.25) is 24.5 Å². The molecule has 6 amide bonds. The summed E-state index contributed by atoms with van der Waals surface area (Å²) in [5.41, 5.74) is 9.51. The SMILES string of the molecule is Nc1ccc(N2CCN(C(=O)NC3CCC(NCCCOCCC(=O)Nc4ccc5c(c4)CN(C4CCC(=O)NC4=O)C5=O)CC3)CC2)cc1. The molecule has 0 radical (unpaired) electrons. The number of ether oxygens (including phenoxy) is 1. The van der Waals surface area contributed by atoms with Crippen molar-refractivity contribution in [2.75, 3.05) is 61.9 Å². The molecule has 3 aliphatic heterocycles. The molecule has 1 atom stereocenters. The van der Waals surface area contributed by atoms with E-state index in [2.05, 4.69) is 26.2 Å². The first-order valence-corrected chi connectivity index (χ1v) is 17.8. The molecular weight excluding hydrogens is 640 g/mol. The topological polar surface area (TPSA) is 178 Å². The third-order valence-electron chi connectivity index (χ3n) is 10.1. The molecule has 1 saturated carbocycles. The van der Waals surface area contributed by atoms with Crippen LogP contribution in [0.2, 0.25) is 0 Å². The number of piperidine rings is 1. The summed E-state index contributed by atoms with van der Waals surface area (Å²) in [7, 11) is 0. The van der Waals surface area contributed by atoms with E-state index in [0.29, 0.717) is 50.0 Å². The second kappa shape index (κ2) is 16.3. The van der Waals surface area contributed by atoms with Crippen molar-refractivity contribution < 1.29 is 28.7 Å². The van der Waals surface area contributed by atoms with Gasteiger partial charge in [0.2, 0.25) is 17.7 Å². The van der Waals surface area contributed by atoms with Crippen molar-refractivity contribution in [2.45, 2.75) is 76.0 Å². The molecule has 2 saturated heterocycles. The van der Waals surface area contributed by atoms with Crippen molar-refractivity contribution in [2.24, 2.45) is 0 Å². The van der Waals surface area contributed by atoms with Crippen LogP contribution in [0.25, 0.3) is 0 Å². The molecule has 4 aliphatic rings. The molecule has 50 heavy (non-hydrogen) atoms. The molecule has 1 unspecified atom stereocenters. The van der Waals surface area contributed by atoms with E-state index >= 15 is 0 Å². The Bertz CT molecular complexity index is 1550. The van der Waals surface area contributed by atoms with Crippen LogP contribution in [-0.4, -0.2) is 104 Å². The number of carbonyl (C=O) groups excluding carboxylic acids is 5. The molecule has 2 aromatic carbocycles. The Kier molecular flexibility index (Phi) is 11.5. The Morgan fingerprint density at radius 1 is 0.900 bits per heavy atom. The van der Waals surface area contributed by atoms with E-state index in [1.54, 1.807) is 18.2 Å². The number of imide groups is 1. The summed E-state index contributed by atoms with van der Waals surface area (Å²) in [6, 6.07) is 13.0. The van der Waals surface area contributed by atoms with Gasteiger partial charge in [0.05, 0.1) is 13.0 Å². The zero-order valence-corrected chi connectivity index (χ0v) is 28.5. The number of carbonyl (C=O) groups is 5. The molecule has 6 N–H and O–H groups in total. The Hall–Kier alpha value is -4.69. The molecule has 0 spiro atoms.